The van der Waals surface area contributed by atoms with Crippen LogP contribution >= 0.6 is 0 Å². The van der Waals surface area contributed by atoms with E-state index < -0.39 is 0 Å². The first-order valence-electron chi connectivity index (χ1n) is 5.46. The summed E-state index contributed by atoms with van der Waals surface area (Å²) in [6.45, 7) is 4.36. The van der Waals surface area contributed by atoms with Gasteiger partial charge in [-0.15, -0.1) is 0 Å². The maximum atomic E-state index is 3.38. The average Bonchev–Trinajstić information content (AvgIpc) is 2.43. The molecule has 0 saturated carbocycles. The average molecular weight is 199 g/mol. The van der Waals surface area contributed by atoms with Gasteiger partial charge in [-0.05, 0) is 37.0 Å². The molecule has 1 unspecified atom stereocenters. The van der Waals surface area contributed by atoms with Gasteiger partial charge < -0.3 is 5.32 Å². The highest BCUT2D eigenvalue weighted by Gasteiger charge is 2.08. The molecule has 2 rings (SSSR count). The summed E-state index contributed by atoms with van der Waals surface area (Å²) in [7, 11) is 0. The van der Waals surface area contributed by atoms with Crippen molar-refractivity contribution in [3.8, 4) is 0 Å². The van der Waals surface area contributed by atoms with Crippen LogP contribution in [0.1, 0.15) is 25.8 Å². The zero-order valence-electron chi connectivity index (χ0n) is 9.33. The predicted molar refractivity (Wildman–Crippen MR) is 65.4 cm³/mol. The molecule has 0 bridgehead atoms. The number of allylic oxidation sites excluding steroid dienone is 2. The molecule has 1 heteroatoms. The van der Waals surface area contributed by atoms with Crippen LogP contribution in [0.15, 0.2) is 48.2 Å². The number of hydrogen-bond acceptors (Lipinski definition) is 1. The van der Waals surface area contributed by atoms with Crippen LogP contribution in [0.3, 0.4) is 0 Å². The van der Waals surface area contributed by atoms with Crippen molar-refractivity contribution >= 4 is 5.57 Å². The minimum absolute atomic E-state index is 0.529. The van der Waals surface area contributed by atoms with Crippen molar-refractivity contribution in [1.82, 2.24) is 5.32 Å². The number of rotatable bonds is 1. The lowest BCUT2D eigenvalue weighted by atomic mass is 9.99. The molecule has 0 fully saturated rings. The van der Waals surface area contributed by atoms with E-state index in [9.17, 15) is 0 Å². The summed E-state index contributed by atoms with van der Waals surface area (Å²) in [6, 6.07) is 11.1. The summed E-state index contributed by atoms with van der Waals surface area (Å²) in [5.74, 6) is 0. The second-order valence-corrected chi connectivity index (χ2v) is 4.11. The molecule has 0 amide bonds. The number of benzene rings is 1. The maximum Gasteiger partial charge on any atom is 0.0262 e. The van der Waals surface area contributed by atoms with E-state index >= 15 is 0 Å². The highest BCUT2D eigenvalue weighted by Crippen LogP contribution is 2.24. The molecular formula is C14H17N. The van der Waals surface area contributed by atoms with Crippen molar-refractivity contribution in [3.63, 3.8) is 0 Å². The van der Waals surface area contributed by atoms with Crippen molar-refractivity contribution in [2.24, 2.45) is 0 Å². The normalized spacial score (nSPS) is 21.1. The number of hydrogen-bond donors (Lipinski definition) is 1. The van der Waals surface area contributed by atoms with Crippen molar-refractivity contribution in [2.75, 3.05) is 0 Å². The lowest BCUT2D eigenvalue weighted by Gasteiger charge is -2.06. The van der Waals surface area contributed by atoms with Gasteiger partial charge in [0.05, 0.1) is 0 Å². The second kappa shape index (κ2) is 4.35. The Morgan fingerprint density at radius 2 is 1.93 bits per heavy atom. The molecule has 0 aromatic heterocycles. The van der Waals surface area contributed by atoms with Crippen LogP contribution in [0.5, 0.6) is 0 Å². The van der Waals surface area contributed by atoms with Gasteiger partial charge in [-0.1, -0.05) is 36.4 Å². The fraction of sp³-hybridized carbons (Fsp3) is 0.286. The van der Waals surface area contributed by atoms with Gasteiger partial charge in [-0.25, -0.2) is 0 Å². The van der Waals surface area contributed by atoms with E-state index in [0.29, 0.717) is 6.04 Å². The van der Waals surface area contributed by atoms with Crippen molar-refractivity contribution in [3.05, 3.63) is 53.7 Å². The van der Waals surface area contributed by atoms with Gasteiger partial charge in [-0.3, -0.25) is 0 Å². The Morgan fingerprint density at radius 3 is 2.67 bits per heavy atom. The zero-order chi connectivity index (χ0) is 10.7. The lowest BCUT2D eigenvalue weighted by Crippen LogP contribution is -2.18. The second-order valence-electron chi connectivity index (χ2n) is 4.11. The van der Waals surface area contributed by atoms with Crippen molar-refractivity contribution in [1.29, 1.82) is 0 Å². The Morgan fingerprint density at radius 1 is 1.20 bits per heavy atom. The van der Waals surface area contributed by atoms with Gasteiger partial charge in [0.25, 0.3) is 0 Å². The molecule has 78 valence electrons. The highest BCUT2D eigenvalue weighted by atomic mass is 14.9. The van der Waals surface area contributed by atoms with Crippen LogP contribution in [0, 0.1) is 0 Å². The van der Waals surface area contributed by atoms with E-state index in [1.807, 2.05) is 0 Å². The van der Waals surface area contributed by atoms with E-state index in [1.54, 1.807) is 0 Å². The van der Waals surface area contributed by atoms with Gasteiger partial charge in [0.1, 0.15) is 0 Å². The van der Waals surface area contributed by atoms with E-state index in [0.717, 1.165) is 6.42 Å². The van der Waals surface area contributed by atoms with Crippen LogP contribution < -0.4 is 5.32 Å². The Labute approximate surface area is 91.5 Å². The molecule has 1 aromatic rings. The molecule has 1 aliphatic heterocycles. The molecule has 1 heterocycles. The van der Waals surface area contributed by atoms with Crippen LogP contribution in [0.25, 0.3) is 5.57 Å². The minimum Gasteiger partial charge on any atom is -0.388 e. The first kappa shape index (κ1) is 10.0. The van der Waals surface area contributed by atoms with Crippen LogP contribution in [-0.2, 0) is 0 Å². The molecule has 1 atom stereocenters. The van der Waals surface area contributed by atoms with Gasteiger partial charge in [-0.2, -0.15) is 0 Å². The molecule has 1 aliphatic rings. The molecule has 1 aromatic carbocycles. The van der Waals surface area contributed by atoms with Gasteiger partial charge in [0.15, 0.2) is 0 Å². The third-order valence-corrected chi connectivity index (χ3v) is 2.77. The molecule has 1 N–H and O–H groups in total. The SMILES string of the molecule is CC1=CNC(C)CC=C1c1ccccc1. The fourth-order valence-electron chi connectivity index (χ4n) is 1.83. The minimum atomic E-state index is 0.529. The quantitative estimate of drug-likeness (QED) is 0.731. The summed E-state index contributed by atoms with van der Waals surface area (Å²) in [6.07, 6.45) is 5.53. The maximum absolute atomic E-state index is 3.38. The highest BCUT2D eigenvalue weighted by molar-refractivity contribution is 5.78. The van der Waals surface area contributed by atoms with Crippen molar-refractivity contribution in [2.45, 2.75) is 26.3 Å². The summed E-state index contributed by atoms with van der Waals surface area (Å²) < 4.78 is 0. The van der Waals surface area contributed by atoms with E-state index in [-0.39, 0.29) is 0 Å². The predicted octanol–water partition coefficient (Wildman–Crippen LogP) is 3.36. The van der Waals surface area contributed by atoms with Gasteiger partial charge in [0, 0.05) is 12.2 Å². The summed E-state index contributed by atoms with van der Waals surface area (Å²) in [4.78, 5) is 0. The molecule has 0 aliphatic carbocycles. The Bertz CT molecular complexity index is 387. The monoisotopic (exact) mass is 199 g/mol. The first-order valence-corrected chi connectivity index (χ1v) is 5.46. The summed E-state index contributed by atoms with van der Waals surface area (Å²) in [5.41, 5.74) is 3.97. The number of nitrogens with one attached hydrogen (secondary N) is 1. The van der Waals surface area contributed by atoms with E-state index in [1.165, 1.54) is 16.7 Å². The van der Waals surface area contributed by atoms with Crippen LogP contribution in [0.4, 0.5) is 0 Å². The molecular weight excluding hydrogens is 182 g/mol. The standard InChI is InChI=1S/C14H17N/c1-11-10-15-12(2)8-9-14(11)13-6-4-3-5-7-13/h3-7,9-10,12,15H,8H2,1-2H3. The summed E-state index contributed by atoms with van der Waals surface area (Å²) in [5, 5.41) is 3.38. The van der Waals surface area contributed by atoms with Gasteiger partial charge >= 0.3 is 0 Å². The molecule has 0 spiro atoms. The zero-order valence-corrected chi connectivity index (χ0v) is 9.33. The molecule has 15 heavy (non-hydrogen) atoms. The van der Waals surface area contributed by atoms with Crippen molar-refractivity contribution < 1.29 is 0 Å². The molecule has 1 nitrogen and oxygen atoms in total. The van der Waals surface area contributed by atoms with Crippen LogP contribution in [-0.4, -0.2) is 6.04 Å². The Hall–Kier alpha value is -1.50. The van der Waals surface area contributed by atoms with E-state index in [2.05, 4.69) is 61.8 Å². The van der Waals surface area contributed by atoms with E-state index in [4.69, 9.17) is 0 Å². The Balaban J connectivity index is 2.35. The third-order valence-electron chi connectivity index (χ3n) is 2.77. The fourth-order valence-corrected chi connectivity index (χ4v) is 1.83. The molecule has 0 saturated heterocycles. The van der Waals surface area contributed by atoms with Gasteiger partial charge in [0.2, 0.25) is 0 Å². The largest absolute Gasteiger partial charge is 0.388 e. The smallest absolute Gasteiger partial charge is 0.0262 e. The summed E-state index contributed by atoms with van der Waals surface area (Å²) >= 11 is 0. The molecule has 0 radical (unpaired) electrons. The lowest BCUT2D eigenvalue weighted by molar-refractivity contribution is 0.652. The Kier molecular flexibility index (Phi) is 2.91. The topological polar surface area (TPSA) is 12.0 Å². The third kappa shape index (κ3) is 2.30. The van der Waals surface area contributed by atoms with Crippen LogP contribution in [0.2, 0.25) is 0 Å². The first-order chi connectivity index (χ1) is 7.27.